The van der Waals surface area contributed by atoms with Crippen molar-refractivity contribution in [3.8, 4) is 17.1 Å². The van der Waals surface area contributed by atoms with E-state index in [-0.39, 0.29) is 11.7 Å². The van der Waals surface area contributed by atoms with Gasteiger partial charge in [-0.2, -0.15) is 0 Å². The Balaban J connectivity index is 1.58. The smallest absolute Gasteiger partial charge is 0.236 e. The first-order chi connectivity index (χ1) is 13.2. The summed E-state index contributed by atoms with van der Waals surface area (Å²) in [5, 5.41) is 19.7. The molecule has 0 saturated carbocycles. The number of ether oxygens (including phenoxy) is 1. The van der Waals surface area contributed by atoms with E-state index in [4.69, 9.17) is 4.74 Å². The molecule has 1 aromatic carbocycles. The van der Waals surface area contributed by atoms with Crippen LogP contribution >= 0.6 is 23.1 Å². The number of hydrogen-bond donors (Lipinski definition) is 1. The predicted octanol–water partition coefficient (Wildman–Crippen LogP) is 3.24. The van der Waals surface area contributed by atoms with Crippen LogP contribution in [0.1, 0.15) is 19.8 Å². The molecule has 2 aromatic heterocycles. The molecule has 142 valence electrons. The molecular weight excluding hydrogens is 384 g/mol. The molecule has 0 aliphatic heterocycles. The molecule has 8 nitrogen and oxygen atoms in total. The lowest BCUT2D eigenvalue weighted by Crippen LogP contribution is -2.14. The Hall–Kier alpha value is -2.46. The quantitative estimate of drug-likeness (QED) is 0.432. The van der Waals surface area contributed by atoms with E-state index in [1.165, 1.54) is 23.1 Å². The number of hydrogen-bond acceptors (Lipinski definition) is 8. The lowest BCUT2D eigenvalue weighted by molar-refractivity contribution is -0.113. The number of carbonyl (C=O) groups excluding carboxylic acids is 1. The summed E-state index contributed by atoms with van der Waals surface area (Å²) in [7, 11) is 1.88. The highest BCUT2D eigenvalue weighted by Crippen LogP contribution is 2.24. The number of rotatable bonds is 9. The fraction of sp³-hybridized carbons (Fsp3) is 0.353. The number of amides is 1. The summed E-state index contributed by atoms with van der Waals surface area (Å²) >= 11 is 2.60. The van der Waals surface area contributed by atoms with E-state index < -0.39 is 0 Å². The van der Waals surface area contributed by atoms with Gasteiger partial charge in [-0.25, -0.2) is 0 Å². The van der Waals surface area contributed by atoms with Gasteiger partial charge in [0.05, 0.1) is 12.4 Å². The maximum absolute atomic E-state index is 12.0. The van der Waals surface area contributed by atoms with Gasteiger partial charge < -0.3 is 9.30 Å². The maximum Gasteiger partial charge on any atom is 0.236 e. The standard InChI is InChI=1S/C17H20N6O2S2/c1-3-4-9-25-13-7-5-12(6-8-13)15-20-22-17(23(15)2)26-10-14(24)19-16-21-18-11-27-16/h5-8,11H,3-4,9-10H2,1-2H3,(H,19,21,24). The van der Waals surface area contributed by atoms with Crippen molar-refractivity contribution in [3.63, 3.8) is 0 Å². The van der Waals surface area contributed by atoms with Crippen molar-refractivity contribution in [2.75, 3.05) is 17.7 Å². The minimum atomic E-state index is -0.158. The Bertz CT molecular complexity index is 864. The van der Waals surface area contributed by atoms with E-state index in [2.05, 4.69) is 32.6 Å². The second-order valence-corrected chi connectivity index (χ2v) is 7.45. The van der Waals surface area contributed by atoms with Gasteiger partial charge in [-0.15, -0.1) is 20.4 Å². The number of nitrogens with zero attached hydrogens (tertiary/aromatic N) is 5. The fourth-order valence-electron chi connectivity index (χ4n) is 2.24. The van der Waals surface area contributed by atoms with Gasteiger partial charge >= 0.3 is 0 Å². The van der Waals surface area contributed by atoms with Crippen molar-refractivity contribution in [1.29, 1.82) is 0 Å². The largest absolute Gasteiger partial charge is 0.494 e. The normalized spacial score (nSPS) is 10.7. The van der Waals surface area contributed by atoms with E-state index in [0.717, 1.165) is 36.6 Å². The SMILES string of the molecule is CCCCOc1ccc(-c2nnc(SCC(=O)Nc3nncs3)n2C)cc1. The molecule has 0 aliphatic carbocycles. The van der Waals surface area contributed by atoms with Crippen molar-refractivity contribution in [2.24, 2.45) is 7.05 Å². The zero-order valence-electron chi connectivity index (χ0n) is 15.1. The zero-order chi connectivity index (χ0) is 19.1. The van der Waals surface area contributed by atoms with Crippen LogP contribution in [0.15, 0.2) is 34.9 Å². The van der Waals surface area contributed by atoms with Gasteiger partial charge in [0.1, 0.15) is 11.3 Å². The van der Waals surface area contributed by atoms with E-state index >= 15 is 0 Å². The van der Waals surface area contributed by atoms with Crippen LogP contribution in [0, 0.1) is 0 Å². The third-order valence-electron chi connectivity index (χ3n) is 3.65. The monoisotopic (exact) mass is 404 g/mol. The van der Waals surface area contributed by atoms with Crippen LogP contribution in [0.3, 0.4) is 0 Å². The average molecular weight is 405 g/mol. The van der Waals surface area contributed by atoms with Crippen LogP contribution in [-0.2, 0) is 11.8 Å². The summed E-state index contributed by atoms with van der Waals surface area (Å²) in [6.07, 6.45) is 2.15. The van der Waals surface area contributed by atoms with Crippen molar-refractivity contribution in [1.82, 2.24) is 25.0 Å². The fourth-order valence-corrected chi connectivity index (χ4v) is 3.41. The van der Waals surface area contributed by atoms with Crippen LogP contribution in [0.5, 0.6) is 5.75 Å². The molecule has 0 bridgehead atoms. The van der Waals surface area contributed by atoms with Crippen LogP contribution in [0.25, 0.3) is 11.4 Å². The number of nitrogens with one attached hydrogen (secondary N) is 1. The first-order valence-corrected chi connectivity index (χ1v) is 10.4. The molecule has 0 unspecified atom stereocenters. The molecule has 2 heterocycles. The first-order valence-electron chi connectivity index (χ1n) is 8.49. The summed E-state index contributed by atoms with van der Waals surface area (Å²) in [6.45, 7) is 2.86. The van der Waals surface area contributed by atoms with Crippen molar-refractivity contribution < 1.29 is 9.53 Å². The first kappa shape index (κ1) is 19.3. The summed E-state index contributed by atoms with van der Waals surface area (Å²) in [5.74, 6) is 1.64. The van der Waals surface area contributed by atoms with Crippen molar-refractivity contribution >= 4 is 34.1 Å². The van der Waals surface area contributed by atoms with E-state index in [9.17, 15) is 4.79 Å². The van der Waals surface area contributed by atoms with Gasteiger partial charge in [0.15, 0.2) is 11.0 Å². The van der Waals surface area contributed by atoms with Gasteiger partial charge in [0, 0.05) is 12.6 Å². The Morgan fingerprint density at radius 1 is 1.26 bits per heavy atom. The summed E-state index contributed by atoms with van der Waals surface area (Å²) in [4.78, 5) is 12.0. The molecule has 0 atom stereocenters. The summed E-state index contributed by atoms with van der Waals surface area (Å²) in [5.41, 5.74) is 2.51. The third kappa shape index (κ3) is 5.27. The maximum atomic E-state index is 12.0. The molecule has 3 aromatic rings. The van der Waals surface area contributed by atoms with Crippen LogP contribution in [-0.4, -0.2) is 43.2 Å². The molecule has 0 radical (unpaired) electrons. The van der Waals surface area contributed by atoms with E-state index in [0.29, 0.717) is 10.3 Å². The molecule has 0 saturated heterocycles. The van der Waals surface area contributed by atoms with E-state index in [1.54, 1.807) is 5.51 Å². The third-order valence-corrected chi connectivity index (χ3v) is 5.28. The predicted molar refractivity (Wildman–Crippen MR) is 106 cm³/mol. The minimum absolute atomic E-state index is 0.158. The summed E-state index contributed by atoms with van der Waals surface area (Å²) in [6, 6.07) is 7.79. The Morgan fingerprint density at radius 3 is 2.78 bits per heavy atom. The van der Waals surface area contributed by atoms with Crippen LogP contribution in [0.4, 0.5) is 5.13 Å². The number of thioether (sulfide) groups is 1. The Labute approximate surface area is 165 Å². The number of anilines is 1. The van der Waals surface area contributed by atoms with Gasteiger partial charge in [-0.05, 0) is 30.7 Å². The molecule has 0 aliphatic rings. The number of benzene rings is 1. The molecule has 0 spiro atoms. The highest BCUT2D eigenvalue weighted by molar-refractivity contribution is 7.99. The van der Waals surface area contributed by atoms with Gasteiger partial charge in [0.2, 0.25) is 11.0 Å². The molecular formula is C17H20N6O2S2. The number of carbonyl (C=O) groups is 1. The van der Waals surface area contributed by atoms with Crippen molar-refractivity contribution in [3.05, 3.63) is 29.8 Å². The number of aromatic nitrogens is 5. The molecule has 27 heavy (non-hydrogen) atoms. The van der Waals surface area contributed by atoms with Crippen LogP contribution < -0.4 is 10.1 Å². The summed E-state index contributed by atoms with van der Waals surface area (Å²) < 4.78 is 7.55. The molecule has 10 heteroatoms. The highest BCUT2D eigenvalue weighted by Gasteiger charge is 2.13. The lowest BCUT2D eigenvalue weighted by atomic mass is 10.2. The van der Waals surface area contributed by atoms with E-state index in [1.807, 2.05) is 35.9 Å². The second kappa shape index (κ2) is 9.47. The van der Waals surface area contributed by atoms with Gasteiger partial charge in [-0.3, -0.25) is 10.1 Å². The van der Waals surface area contributed by atoms with Crippen LogP contribution in [0.2, 0.25) is 0 Å². The molecule has 0 fully saturated rings. The molecule has 1 amide bonds. The molecule has 1 N–H and O–H groups in total. The van der Waals surface area contributed by atoms with Crippen molar-refractivity contribution in [2.45, 2.75) is 24.9 Å². The highest BCUT2D eigenvalue weighted by atomic mass is 32.2. The average Bonchev–Trinajstić information content (AvgIpc) is 3.31. The number of unbranched alkanes of at least 4 members (excludes halogenated alkanes) is 1. The van der Waals surface area contributed by atoms with Gasteiger partial charge in [-0.1, -0.05) is 36.4 Å². The second-order valence-electron chi connectivity index (χ2n) is 5.67. The lowest BCUT2D eigenvalue weighted by Gasteiger charge is -2.07. The van der Waals surface area contributed by atoms with Gasteiger partial charge in [0.25, 0.3) is 0 Å². The molecule has 3 rings (SSSR count). The Kier molecular flexibility index (Phi) is 6.77. The zero-order valence-corrected chi connectivity index (χ0v) is 16.7. The minimum Gasteiger partial charge on any atom is -0.494 e. The topological polar surface area (TPSA) is 94.8 Å². The Morgan fingerprint density at radius 2 is 2.07 bits per heavy atom.